The minimum Gasteiger partial charge on any atom is -0.309 e. The van der Waals surface area contributed by atoms with E-state index in [-0.39, 0.29) is 6.04 Å². The fourth-order valence-electron chi connectivity index (χ4n) is 2.16. The van der Waals surface area contributed by atoms with Gasteiger partial charge in [0.1, 0.15) is 5.69 Å². The number of hydrogen-bond acceptors (Lipinski definition) is 3. The number of hydrogen-bond donors (Lipinski definition) is 1. The predicted octanol–water partition coefficient (Wildman–Crippen LogP) is 3.21. The molecule has 4 nitrogen and oxygen atoms in total. The van der Waals surface area contributed by atoms with Crippen molar-refractivity contribution in [1.29, 1.82) is 0 Å². The molecule has 1 aromatic carbocycles. The molecule has 0 bridgehead atoms. The lowest BCUT2D eigenvalue weighted by atomic mass is 10.2. The van der Waals surface area contributed by atoms with Crippen molar-refractivity contribution in [3.63, 3.8) is 0 Å². The van der Waals surface area contributed by atoms with Gasteiger partial charge in [-0.2, -0.15) is 0 Å². The van der Waals surface area contributed by atoms with Crippen LogP contribution in [0.3, 0.4) is 0 Å². The molecule has 0 aliphatic heterocycles. The molecule has 1 aromatic heterocycles. The number of benzene rings is 1. The maximum atomic E-state index is 6.28. The Labute approximate surface area is 118 Å². The van der Waals surface area contributed by atoms with Crippen molar-refractivity contribution in [3.05, 3.63) is 40.2 Å². The highest BCUT2D eigenvalue weighted by atomic mass is 35.5. The topological polar surface area (TPSA) is 42.7 Å². The second-order valence-corrected chi connectivity index (χ2v) is 5.11. The fourth-order valence-corrected chi connectivity index (χ4v) is 2.47. The molecule has 19 heavy (non-hydrogen) atoms. The Bertz CT molecular complexity index is 577. The molecule has 1 unspecified atom stereocenters. The lowest BCUT2D eigenvalue weighted by Crippen LogP contribution is -2.19. The van der Waals surface area contributed by atoms with Crippen LogP contribution in [0.15, 0.2) is 18.2 Å². The van der Waals surface area contributed by atoms with Crippen molar-refractivity contribution in [3.8, 4) is 5.69 Å². The molecule has 1 atom stereocenters. The lowest BCUT2D eigenvalue weighted by Gasteiger charge is -2.11. The van der Waals surface area contributed by atoms with Gasteiger partial charge in [0.05, 0.1) is 22.4 Å². The molecule has 0 fully saturated rings. The molecule has 2 rings (SSSR count). The monoisotopic (exact) mass is 278 g/mol. The van der Waals surface area contributed by atoms with Crippen LogP contribution in [0.4, 0.5) is 0 Å². The molecule has 0 saturated heterocycles. The summed E-state index contributed by atoms with van der Waals surface area (Å²) < 4.78 is 1.80. The van der Waals surface area contributed by atoms with Crippen molar-refractivity contribution in [1.82, 2.24) is 20.3 Å². The van der Waals surface area contributed by atoms with Crippen molar-refractivity contribution in [2.24, 2.45) is 0 Å². The average molecular weight is 279 g/mol. The third-order valence-electron chi connectivity index (χ3n) is 3.18. The van der Waals surface area contributed by atoms with Gasteiger partial charge in [0.2, 0.25) is 0 Å². The van der Waals surface area contributed by atoms with E-state index in [1.54, 1.807) is 4.68 Å². The number of halogens is 1. The van der Waals surface area contributed by atoms with E-state index >= 15 is 0 Å². The SMILES string of the molecule is CCNC(C)c1nnn(-c2ccc(C)cc2Cl)c1C. The summed E-state index contributed by atoms with van der Waals surface area (Å²) in [5.41, 5.74) is 3.97. The Kier molecular flexibility index (Phi) is 4.22. The molecule has 0 aliphatic rings. The Balaban J connectivity index is 2.41. The standard InChI is InChI=1S/C14H19ClN4/c1-5-16-10(3)14-11(4)19(18-17-14)13-7-6-9(2)8-12(13)15/h6-8,10,16H,5H2,1-4H3. The lowest BCUT2D eigenvalue weighted by molar-refractivity contribution is 0.579. The van der Waals surface area contributed by atoms with Gasteiger partial charge in [-0.3, -0.25) is 0 Å². The first-order chi connectivity index (χ1) is 9.04. The van der Waals surface area contributed by atoms with Gasteiger partial charge in [-0.05, 0) is 45.0 Å². The summed E-state index contributed by atoms with van der Waals surface area (Å²) in [4.78, 5) is 0. The van der Waals surface area contributed by atoms with Crippen molar-refractivity contribution >= 4 is 11.6 Å². The summed E-state index contributed by atoms with van der Waals surface area (Å²) in [6.45, 7) is 9.09. The summed E-state index contributed by atoms with van der Waals surface area (Å²) in [7, 11) is 0. The van der Waals surface area contributed by atoms with Gasteiger partial charge in [0.25, 0.3) is 0 Å². The molecular weight excluding hydrogens is 260 g/mol. The van der Waals surface area contributed by atoms with Crippen LogP contribution in [0.25, 0.3) is 5.69 Å². The van der Waals surface area contributed by atoms with E-state index in [0.29, 0.717) is 5.02 Å². The number of aromatic nitrogens is 3. The second-order valence-electron chi connectivity index (χ2n) is 4.71. The average Bonchev–Trinajstić information content (AvgIpc) is 2.72. The molecule has 0 spiro atoms. The van der Waals surface area contributed by atoms with E-state index < -0.39 is 0 Å². The first-order valence-corrected chi connectivity index (χ1v) is 6.84. The number of rotatable bonds is 4. The molecule has 1 N–H and O–H groups in total. The highest BCUT2D eigenvalue weighted by Gasteiger charge is 2.16. The smallest absolute Gasteiger partial charge is 0.103 e. The number of nitrogens with one attached hydrogen (secondary N) is 1. The Morgan fingerprint density at radius 1 is 1.37 bits per heavy atom. The Morgan fingerprint density at radius 2 is 2.11 bits per heavy atom. The molecule has 0 radical (unpaired) electrons. The van der Waals surface area contributed by atoms with Crippen molar-refractivity contribution in [2.45, 2.75) is 33.7 Å². The molecule has 0 amide bonds. The zero-order valence-electron chi connectivity index (χ0n) is 11.7. The zero-order valence-corrected chi connectivity index (χ0v) is 12.5. The molecule has 0 aliphatic carbocycles. The summed E-state index contributed by atoms with van der Waals surface area (Å²) in [6, 6.07) is 6.12. The van der Waals surface area contributed by atoms with Gasteiger partial charge in [0, 0.05) is 0 Å². The zero-order chi connectivity index (χ0) is 14.0. The minimum absolute atomic E-state index is 0.183. The molecule has 102 valence electrons. The third kappa shape index (κ3) is 2.80. The van der Waals surface area contributed by atoms with E-state index in [2.05, 4.69) is 29.5 Å². The molecule has 1 heterocycles. The Hall–Kier alpha value is -1.39. The summed E-state index contributed by atoms with van der Waals surface area (Å²) >= 11 is 6.28. The van der Waals surface area contributed by atoms with Gasteiger partial charge in [0.15, 0.2) is 0 Å². The predicted molar refractivity (Wildman–Crippen MR) is 77.9 cm³/mol. The van der Waals surface area contributed by atoms with E-state index in [1.807, 2.05) is 32.0 Å². The molecule has 2 aromatic rings. The van der Waals surface area contributed by atoms with Crippen LogP contribution in [0, 0.1) is 13.8 Å². The van der Waals surface area contributed by atoms with Gasteiger partial charge < -0.3 is 5.32 Å². The maximum Gasteiger partial charge on any atom is 0.103 e. The van der Waals surface area contributed by atoms with E-state index in [9.17, 15) is 0 Å². The summed E-state index contributed by atoms with van der Waals surface area (Å²) in [6.07, 6.45) is 0. The van der Waals surface area contributed by atoms with Gasteiger partial charge in [-0.1, -0.05) is 29.8 Å². The Morgan fingerprint density at radius 3 is 2.74 bits per heavy atom. The van der Waals surface area contributed by atoms with Crippen LogP contribution in [0.2, 0.25) is 5.02 Å². The van der Waals surface area contributed by atoms with Crippen LogP contribution in [0.5, 0.6) is 0 Å². The number of nitrogens with zero attached hydrogens (tertiary/aromatic N) is 3. The van der Waals surface area contributed by atoms with E-state index in [0.717, 1.165) is 29.2 Å². The van der Waals surface area contributed by atoms with Crippen molar-refractivity contribution < 1.29 is 0 Å². The highest BCUT2D eigenvalue weighted by Crippen LogP contribution is 2.24. The van der Waals surface area contributed by atoms with Gasteiger partial charge in [-0.25, -0.2) is 4.68 Å². The quantitative estimate of drug-likeness (QED) is 0.934. The normalized spacial score (nSPS) is 12.7. The molecule has 0 saturated carbocycles. The highest BCUT2D eigenvalue weighted by molar-refractivity contribution is 6.32. The minimum atomic E-state index is 0.183. The third-order valence-corrected chi connectivity index (χ3v) is 3.48. The summed E-state index contributed by atoms with van der Waals surface area (Å²) in [5.74, 6) is 0. The van der Waals surface area contributed by atoms with Crippen LogP contribution in [-0.4, -0.2) is 21.5 Å². The van der Waals surface area contributed by atoms with E-state index in [4.69, 9.17) is 11.6 Å². The van der Waals surface area contributed by atoms with Gasteiger partial charge in [-0.15, -0.1) is 5.10 Å². The molecule has 5 heteroatoms. The molecular formula is C14H19ClN4. The second kappa shape index (κ2) is 5.72. The summed E-state index contributed by atoms with van der Waals surface area (Å²) in [5, 5.41) is 12.5. The van der Waals surface area contributed by atoms with Crippen LogP contribution < -0.4 is 5.32 Å². The van der Waals surface area contributed by atoms with Crippen molar-refractivity contribution in [2.75, 3.05) is 6.54 Å². The van der Waals surface area contributed by atoms with Crippen LogP contribution in [0.1, 0.15) is 36.8 Å². The van der Waals surface area contributed by atoms with Crippen LogP contribution >= 0.6 is 11.6 Å². The number of aryl methyl sites for hydroxylation is 1. The first kappa shape index (κ1) is 14.0. The fraction of sp³-hybridized carbons (Fsp3) is 0.429. The maximum absolute atomic E-state index is 6.28. The van der Waals surface area contributed by atoms with E-state index in [1.165, 1.54) is 0 Å². The first-order valence-electron chi connectivity index (χ1n) is 6.46. The largest absolute Gasteiger partial charge is 0.309 e. The van der Waals surface area contributed by atoms with Crippen LogP contribution in [-0.2, 0) is 0 Å². The van der Waals surface area contributed by atoms with Gasteiger partial charge >= 0.3 is 0 Å².